The molecule has 19 heavy (non-hydrogen) atoms. The molecule has 0 radical (unpaired) electrons. The van der Waals surface area contributed by atoms with Crippen molar-refractivity contribution in [2.24, 2.45) is 0 Å². The monoisotopic (exact) mass is 265 g/mol. The Labute approximate surface area is 114 Å². The van der Waals surface area contributed by atoms with Crippen molar-refractivity contribution < 1.29 is 9.53 Å². The van der Waals surface area contributed by atoms with E-state index in [4.69, 9.17) is 10.5 Å². The molecular formula is C14H23N3O2. The standard InChI is InChI=1S/C14H23N3O2/c1-4-7-19-13-9-11(15)8-12(10-13)17(3)6-5-14(18)16-2/h8-10H,4-7,15H2,1-3H3,(H,16,18). The van der Waals surface area contributed by atoms with Crippen LogP contribution in [0.2, 0.25) is 0 Å². The lowest BCUT2D eigenvalue weighted by Crippen LogP contribution is -2.26. The van der Waals surface area contributed by atoms with Gasteiger partial charge in [0.2, 0.25) is 5.91 Å². The van der Waals surface area contributed by atoms with E-state index in [1.807, 2.05) is 30.1 Å². The van der Waals surface area contributed by atoms with Gasteiger partial charge < -0.3 is 20.7 Å². The van der Waals surface area contributed by atoms with E-state index in [-0.39, 0.29) is 5.91 Å². The van der Waals surface area contributed by atoms with E-state index in [1.165, 1.54) is 0 Å². The molecule has 0 saturated heterocycles. The normalized spacial score (nSPS) is 10.1. The maximum atomic E-state index is 11.2. The van der Waals surface area contributed by atoms with E-state index >= 15 is 0 Å². The average molecular weight is 265 g/mol. The van der Waals surface area contributed by atoms with Crippen molar-refractivity contribution in [2.45, 2.75) is 19.8 Å². The SMILES string of the molecule is CCCOc1cc(N)cc(N(C)CCC(=O)NC)c1. The van der Waals surface area contributed by atoms with E-state index in [2.05, 4.69) is 12.2 Å². The van der Waals surface area contributed by atoms with Crippen LogP contribution in [-0.2, 0) is 4.79 Å². The minimum atomic E-state index is 0.0261. The van der Waals surface area contributed by atoms with E-state index in [1.54, 1.807) is 7.05 Å². The van der Waals surface area contributed by atoms with Crippen LogP contribution in [0, 0.1) is 0 Å². The van der Waals surface area contributed by atoms with Gasteiger partial charge in [-0.05, 0) is 12.5 Å². The first-order valence-electron chi connectivity index (χ1n) is 6.52. The second-order valence-corrected chi connectivity index (χ2v) is 4.45. The first kappa shape index (κ1) is 15.1. The summed E-state index contributed by atoms with van der Waals surface area (Å²) >= 11 is 0. The number of rotatable bonds is 7. The number of hydrogen-bond donors (Lipinski definition) is 2. The predicted octanol–water partition coefficient (Wildman–Crippen LogP) is 1.63. The van der Waals surface area contributed by atoms with Gasteiger partial charge in [-0.3, -0.25) is 4.79 Å². The number of nitrogens with zero attached hydrogens (tertiary/aromatic N) is 1. The number of hydrogen-bond acceptors (Lipinski definition) is 4. The number of carbonyl (C=O) groups is 1. The zero-order chi connectivity index (χ0) is 14.3. The number of nitrogens with one attached hydrogen (secondary N) is 1. The zero-order valence-electron chi connectivity index (χ0n) is 11.9. The van der Waals surface area contributed by atoms with Gasteiger partial charge in [-0.1, -0.05) is 6.92 Å². The van der Waals surface area contributed by atoms with Crippen LogP contribution in [0.15, 0.2) is 18.2 Å². The molecule has 0 saturated carbocycles. The molecule has 0 aliphatic rings. The van der Waals surface area contributed by atoms with Gasteiger partial charge in [0.15, 0.2) is 0 Å². The molecule has 0 unspecified atom stereocenters. The predicted molar refractivity (Wildman–Crippen MR) is 78.6 cm³/mol. The minimum absolute atomic E-state index is 0.0261. The Morgan fingerprint density at radius 2 is 2.16 bits per heavy atom. The van der Waals surface area contributed by atoms with E-state index in [0.717, 1.165) is 17.9 Å². The number of nitrogens with two attached hydrogens (primary N) is 1. The molecule has 0 aliphatic carbocycles. The molecule has 1 rings (SSSR count). The summed E-state index contributed by atoms with van der Waals surface area (Å²) in [6.07, 6.45) is 1.41. The van der Waals surface area contributed by atoms with Gasteiger partial charge in [0, 0.05) is 50.6 Å². The molecule has 0 aromatic heterocycles. The van der Waals surface area contributed by atoms with Gasteiger partial charge in [-0.25, -0.2) is 0 Å². The highest BCUT2D eigenvalue weighted by atomic mass is 16.5. The smallest absolute Gasteiger partial charge is 0.221 e. The van der Waals surface area contributed by atoms with Crippen LogP contribution in [0.5, 0.6) is 5.75 Å². The Hall–Kier alpha value is -1.91. The summed E-state index contributed by atoms with van der Waals surface area (Å²) in [5, 5.41) is 2.61. The summed E-state index contributed by atoms with van der Waals surface area (Å²) in [5.41, 5.74) is 7.48. The summed E-state index contributed by atoms with van der Waals surface area (Å²) in [7, 11) is 3.57. The van der Waals surface area contributed by atoms with Crippen LogP contribution in [0.4, 0.5) is 11.4 Å². The molecule has 106 valence electrons. The molecule has 3 N–H and O–H groups in total. The third-order valence-electron chi connectivity index (χ3n) is 2.78. The molecular weight excluding hydrogens is 242 g/mol. The molecule has 0 heterocycles. The van der Waals surface area contributed by atoms with Crippen LogP contribution in [0.1, 0.15) is 19.8 Å². The van der Waals surface area contributed by atoms with Gasteiger partial charge in [0.1, 0.15) is 5.75 Å². The molecule has 0 bridgehead atoms. The summed E-state index contributed by atoms with van der Waals surface area (Å²) in [4.78, 5) is 13.2. The second kappa shape index (κ2) is 7.51. The van der Waals surface area contributed by atoms with Gasteiger partial charge in [-0.2, -0.15) is 0 Å². The minimum Gasteiger partial charge on any atom is -0.493 e. The van der Waals surface area contributed by atoms with Crippen molar-refractivity contribution in [2.75, 3.05) is 37.9 Å². The van der Waals surface area contributed by atoms with Crippen molar-refractivity contribution in [1.82, 2.24) is 5.32 Å². The number of benzene rings is 1. The van der Waals surface area contributed by atoms with Crippen LogP contribution < -0.4 is 20.7 Å². The van der Waals surface area contributed by atoms with Gasteiger partial charge in [0.25, 0.3) is 0 Å². The Bertz CT molecular complexity index is 421. The fraction of sp³-hybridized carbons (Fsp3) is 0.500. The highest BCUT2D eigenvalue weighted by Crippen LogP contribution is 2.25. The fourth-order valence-electron chi connectivity index (χ4n) is 1.65. The lowest BCUT2D eigenvalue weighted by molar-refractivity contribution is -0.120. The first-order valence-corrected chi connectivity index (χ1v) is 6.52. The van der Waals surface area contributed by atoms with Crippen LogP contribution in [-0.4, -0.2) is 33.2 Å². The third kappa shape index (κ3) is 5.07. The quantitative estimate of drug-likeness (QED) is 0.735. The van der Waals surface area contributed by atoms with Crippen LogP contribution in [0.3, 0.4) is 0 Å². The Kier molecular flexibility index (Phi) is 5.99. The van der Waals surface area contributed by atoms with Crippen LogP contribution >= 0.6 is 0 Å². The number of carbonyl (C=O) groups excluding carboxylic acids is 1. The summed E-state index contributed by atoms with van der Waals surface area (Å²) in [6.45, 7) is 3.36. The highest BCUT2D eigenvalue weighted by molar-refractivity contribution is 5.76. The fourth-order valence-corrected chi connectivity index (χ4v) is 1.65. The Balaban J connectivity index is 2.70. The molecule has 5 heteroatoms. The average Bonchev–Trinajstić information content (AvgIpc) is 2.41. The van der Waals surface area contributed by atoms with Gasteiger partial charge in [0.05, 0.1) is 6.61 Å². The van der Waals surface area contributed by atoms with Crippen molar-refractivity contribution in [3.8, 4) is 5.75 Å². The lowest BCUT2D eigenvalue weighted by Gasteiger charge is -2.20. The molecule has 0 aliphatic heterocycles. The topological polar surface area (TPSA) is 67.6 Å². The van der Waals surface area contributed by atoms with E-state index in [0.29, 0.717) is 25.3 Å². The van der Waals surface area contributed by atoms with Crippen LogP contribution in [0.25, 0.3) is 0 Å². The largest absolute Gasteiger partial charge is 0.493 e. The molecule has 1 aromatic rings. The highest BCUT2D eigenvalue weighted by Gasteiger charge is 2.07. The second-order valence-electron chi connectivity index (χ2n) is 4.45. The summed E-state index contributed by atoms with van der Waals surface area (Å²) in [6, 6.07) is 5.63. The van der Waals surface area contributed by atoms with Gasteiger partial charge in [-0.15, -0.1) is 0 Å². The Morgan fingerprint density at radius 1 is 1.42 bits per heavy atom. The summed E-state index contributed by atoms with van der Waals surface area (Å²) < 4.78 is 5.59. The third-order valence-corrected chi connectivity index (χ3v) is 2.78. The zero-order valence-corrected chi connectivity index (χ0v) is 11.9. The van der Waals surface area contributed by atoms with E-state index in [9.17, 15) is 4.79 Å². The Morgan fingerprint density at radius 3 is 2.79 bits per heavy atom. The maximum Gasteiger partial charge on any atom is 0.221 e. The van der Waals surface area contributed by atoms with Crippen molar-refractivity contribution in [3.05, 3.63) is 18.2 Å². The van der Waals surface area contributed by atoms with Crippen molar-refractivity contribution in [1.29, 1.82) is 0 Å². The van der Waals surface area contributed by atoms with Crippen molar-refractivity contribution in [3.63, 3.8) is 0 Å². The van der Waals surface area contributed by atoms with E-state index < -0.39 is 0 Å². The molecule has 0 atom stereocenters. The lowest BCUT2D eigenvalue weighted by atomic mass is 10.2. The maximum absolute atomic E-state index is 11.2. The van der Waals surface area contributed by atoms with Gasteiger partial charge >= 0.3 is 0 Å². The number of anilines is 2. The molecule has 1 aromatic carbocycles. The number of amides is 1. The van der Waals surface area contributed by atoms with Crippen molar-refractivity contribution >= 4 is 17.3 Å². The molecule has 0 fully saturated rings. The molecule has 0 spiro atoms. The summed E-state index contributed by atoms with van der Waals surface area (Å²) in [5.74, 6) is 0.793. The first-order chi connectivity index (χ1) is 9.06. The number of nitrogen functional groups attached to an aromatic ring is 1. The number of ether oxygens (including phenoxy) is 1. The molecule has 1 amide bonds. The molecule has 5 nitrogen and oxygen atoms in total.